The average Bonchev–Trinajstić information content (AvgIpc) is 2.42. The van der Waals surface area contributed by atoms with Crippen molar-refractivity contribution in [3.8, 4) is 5.75 Å². The first-order valence-electron chi connectivity index (χ1n) is 5.59. The molecule has 19 heavy (non-hydrogen) atoms. The Morgan fingerprint density at radius 1 is 1.11 bits per heavy atom. The van der Waals surface area contributed by atoms with E-state index < -0.39 is 0 Å². The summed E-state index contributed by atoms with van der Waals surface area (Å²) in [4.78, 5) is 0. The highest BCUT2D eigenvalue weighted by molar-refractivity contribution is 6.38. The first-order chi connectivity index (χ1) is 9.20. The van der Waals surface area contributed by atoms with Crippen LogP contribution in [0, 0.1) is 0 Å². The second-order valence-electron chi connectivity index (χ2n) is 3.85. The average molecular weight is 295 g/mol. The quantitative estimate of drug-likeness (QED) is 0.529. The lowest BCUT2D eigenvalue weighted by Gasteiger charge is -2.09. The van der Waals surface area contributed by atoms with Gasteiger partial charge in [-0.3, -0.25) is 0 Å². The second kappa shape index (κ2) is 6.45. The fourth-order valence-corrected chi connectivity index (χ4v) is 2.15. The van der Waals surface area contributed by atoms with Crippen LogP contribution in [-0.2, 0) is 6.61 Å². The van der Waals surface area contributed by atoms with Gasteiger partial charge in [-0.15, -0.1) is 0 Å². The van der Waals surface area contributed by atoms with Crippen LogP contribution in [0.5, 0.6) is 5.75 Å². The lowest BCUT2D eigenvalue weighted by molar-refractivity contribution is 0.306. The first-order valence-corrected chi connectivity index (χ1v) is 6.35. The molecule has 0 aliphatic heterocycles. The minimum absolute atomic E-state index is 0.449. The van der Waals surface area contributed by atoms with Crippen LogP contribution in [0.3, 0.4) is 0 Å². The van der Waals surface area contributed by atoms with Crippen LogP contribution in [0.25, 0.3) is 0 Å². The number of halogens is 2. The molecule has 2 aromatic rings. The van der Waals surface area contributed by atoms with Crippen molar-refractivity contribution in [2.45, 2.75) is 6.61 Å². The van der Waals surface area contributed by atoms with E-state index in [0.717, 1.165) is 5.56 Å². The fraction of sp³-hybridized carbons (Fsp3) is 0.0714. The molecule has 0 amide bonds. The molecule has 0 aliphatic carbocycles. The Hall–Kier alpha value is -1.71. The van der Waals surface area contributed by atoms with E-state index in [9.17, 15) is 0 Å². The van der Waals surface area contributed by atoms with Gasteiger partial charge in [-0.1, -0.05) is 53.5 Å². The molecule has 2 N–H and O–H groups in total. The van der Waals surface area contributed by atoms with E-state index in [1.54, 1.807) is 12.1 Å². The maximum Gasteiger partial charge on any atom is 0.122 e. The first kappa shape index (κ1) is 13.7. The van der Waals surface area contributed by atoms with Crippen molar-refractivity contribution in [1.82, 2.24) is 0 Å². The molecular formula is C14H12Cl2N2O. The molecule has 0 fully saturated rings. The maximum atomic E-state index is 6.08. The molecule has 0 saturated heterocycles. The number of nitrogens with two attached hydrogens (primary N) is 1. The molecular weight excluding hydrogens is 283 g/mol. The van der Waals surface area contributed by atoms with Crippen molar-refractivity contribution in [1.29, 1.82) is 0 Å². The summed E-state index contributed by atoms with van der Waals surface area (Å²) in [6.07, 6.45) is 1.41. The van der Waals surface area contributed by atoms with Gasteiger partial charge in [-0.2, -0.15) is 5.10 Å². The fourth-order valence-electron chi connectivity index (χ4n) is 1.58. The Balaban J connectivity index is 2.14. The highest BCUT2D eigenvalue weighted by Crippen LogP contribution is 2.29. The third-order valence-corrected chi connectivity index (χ3v) is 3.13. The smallest absolute Gasteiger partial charge is 0.122 e. The van der Waals surface area contributed by atoms with E-state index in [-0.39, 0.29) is 0 Å². The summed E-state index contributed by atoms with van der Waals surface area (Å²) in [5.41, 5.74) is 1.65. The van der Waals surface area contributed by atoms with Crippen LogP contribution in [-0.4, -0.2) is 6.21 Å². The van der Waals surface area contributed by atoms with E-state index in [0.29, 0.717) is 28.0 Å². The van der Waals surface area contributed by atoms with Gasteiger partial charge < -0.3 is 10.6 Å². The minimum atomic E-state index is 0.449. The van der Waals surface area contributed by atoms with E-state index in [4.69, 9.17) is 33.8 Å². The number of nitrogens with zero attached hydrogens (tertiary/aromatic N) is 1. The number of ether oxygens (including phenoxy) is 1. The largest absolute Gasteiger partial charge is 0.489 e. The van der Waals surface area contributed by atoms with E-state index >= 15 is 0 Å². The molecule has 2 aromatic carbocycles. The highest BCUT2D eigenvalue weighted by atomic mass is 35.5. The van der Waals surface area contributed by atoms with Crippen molar-refractivity contribution >= 4 is 29.4 Å². The zero-order valence-electron chi connectivity index (χ0n) is 10.0. The molecule has 5 heteroatoms. The van der Waals surface area contributed by atoms with E-state index in [1.165, 1.54) is 6.21 Å². The van der Waals surface area contributed by atoms with Crippen molar-refractivity contribution in [3.05, 3.63) is 63.6 Å². The molecule has 0 bridgehead atoms. The summed E-state index contributed by atoms with van der Waals surface area (Å²) >= 11 is 12.2. The normalized spacial score (nSPS) is 10.8. The van der Waals surface area contributed by atoms with Gasteiger partial charge in [0.15, 0.2) is 0 Å². The Kier molecular flexibility index (Phi) is 4.66. The molecule has 0 atom stereocenters. The lowest BCUT2D eigenvalue weighted by atomic mass is 10.2. The molecule has 2 rings (SSSR count). The lowest BCUT2D eigenvalue weighted by Crippen LogP contribution is -1.96. The molecule has 0 spiro atoms. The van der Waals surface area contributed by atoms with Crippen molar-refractivity contribution in [3.63, 3.8) is 0 Å². The van der Waals surface area contributed by atoms with Gasteiger partial charge in [-0.05, 0) is 17.7 Å². The van der Waals surface area contributed by atoms with Gasteiger partial charge >= 0.3 is 0 Å². The zero-order valence-corrected chi connectivity index (χ0v) is 11.5. The third-order valence-electron chi connectivity index (χ3n) is 2.50. The molecule has 0 saturated carbocycles. The van der Waals surface area contributed by atoms with Crippen LogP contribution in [0.1, 0.15) is 11.1 Å². The molecule has 98 valence electrons. The summed E-state index contributed by atoms with van der Waals surface area (Å²) in [6.45, 7) is 0.456. The molecule has 0 aliphatic rings. The van der Waals surface area contributed by atoms with Crippen molar-refractivity contribution < 1.29 is 4.74 Å². The van der Waals surface area contributed by atoms with Gasteiger partial charge in [0, 0.05) is 5.56 Å². The summed E-state index contributed by atoms with van der Waals surface area (Å²) in [7, 11) is 0. The Morgan fingerprint density at radius 2 is 1.74 bits per heavy atom. The number of rotatable bonds is 4. The minimum Gasteiger partial charge on any atom is -0.489 e. The predicted octanol–water partition coefficient (Wildman–Crippen LogP) is 3.87. The van der Waals surface area contributed by atoms with E-state index in [2.05, 4.69) is 5.10 Å². The van der Waals surface area contributed by atoms with Gasteiger partial charge in [-0.25, -0.2) is 0 Å². The molecule has 0 aromatic heterocycles. The molecule has 0 unspecified atom stereocenters. The summed E-state index contributed by atoms with van der Waals surface area (Å²) in [5.74, 6) is 5.70. The Morgan fingerprint density at radius 3 is 2.32 bits per heavy atom. The molecule has 0 heterocycles. The number of benzene rings is 2. The van der Waals surface area contributed by atoms with Crippen LogP contribution in [0.4, 0.5) is 0 Å². The van der Waals surface area contributed by atoms with Gasteiger partial charge in [0.2, 0.25) is 0 Å². The van der Waals surface area contributed by atoms with Crippen LogP contribution in [0.15, 0.2) is 47.6 Å². The van der Waals surface area contributed by atoms with E-state index in [1.807, 2.05) is 30.3 Å². The standard InChI is InChI=1S/C14H12Cl2N2O/c15-13-6-11(7-14(16)12(13)8-18-17)19-9-10-4-2-1-3-5-10/h1-8H,9,17H2. The predicted molar refractivity (Wildman–Crippen MR) is 79.0 cm³/mol. The van der Waals surface area contributed by atoms with Crippen LogP contribution >= 0.6 is 23.2 Å². The zero-order chi connectivity index (χ0) is 13.7. The second-order valence-corrected chi connectivity index (χ2v) is 4.67. The molecule has 3 nitrogen and oxygen atoms in total. The number of hydrazone groups is 1. The third kappa shape index (κ3) is 3.63. The Labute approximate surface area is 121 Å². The monoisotopic (exact) mass is 294 g/mol. The summed E-state index contributed by atoms with van der Waals surface area (Å²) in [5, 5.41) is 4.31. The summed E-state index contributed by atoms with van der Waals surface area (Å²) < 4.78 is 5.64. The Bertz CT molecular complexity index is 562. The topological polar surface area (TPSA) is 47.6 Å². The maximum absolute atomic E-state index is 6.08. The highest BCUT2D eigenvalue weighted by Gasteiger charge is 2.07. The van der Waals surface area contributed by atoms with Crippen molar-refractivity contribution in [2.24, 2.45) is 10.9 Å². The number of hydrogen-bond acceptors (Lipinski definition) is 3. The van der Waals surface area contributed by atoms with Gasteiger partial charge in [0.1, 0.15) is 12.4 Å². The SMILES string of the molecule is NN=Cc1c(Cl)cc(OCc2ccccc2)cc1Cl. The van der Waals surface area contributed by atoms with Gasteiger partial charge in [0.25, 0.3) is 0 Å². The van der Waals surface area contributed by atoms with Crippen LogP contribution in [0.2, 0.25) is 10.0 Å². The molecule has 0 radical (unpaired) electrons. The van der Waals surface area contributed by atoms with Gasteiger partial charge in [0.05, 0.1) is 16.3 Å². The van der Waals surface area contributed by atoms with Crippen molar-refractivity contribution in [2.75, 3.05) is 0 Å². The summed E-state index contributed by atoms with van der Waals surface area (Å²) in [6, 6.07) is 13.2. The number of hydrogen-bond donors (Lipinski definition) is 1. The van der Waals surface area contributed by atoms with Crippen LogP contribution < -0.4 is 10.6 Å².